The molecule has 9 heteroatoms. The predicted molar refractivity (Wildman–Crippen MR) is 91.9 cm³/mol. The molecule has 1 aliphatic carbocycles. The Morgan fingerprint density at radius 2 is 2.24 bits per heavy atom. The number of nitrogens with zero attached hydrogens (tertiary/aromatic N) is 5. The van der Waals surface area contributed by atoms with Crippen molar-refractivity contribution in [2.45, 2.75) is 26.2 Å². The topological polar surface area (TPSA) is 128 Å². The second kappa shape index (κ2) is 7.84. The number of carbonyl (C=O) groups is 1. The minimum atomic E-state index is -0.741. The fourth-order valence-corrected chi connectivity index (χ4v) is 2.53. The standard InChI is InChI=1S/C10H16O.C6H6N6O2/c1-8(2)10-5-3-9(7-11)4-6-10;1-11-6(14)12-2-8-3(4(7)13)5(12)9-10-11/h3,10-11H,1,4-7H2,2H3;2H,1H3,(H2,7,13)/t10-;/m1./s1. The van der Waals surface area contributed by atoms with Crippen LogP contribution in [0.15, 0.2) is 34.9 Å². The molecule has 134 valence electrons. The van der Waals surface area contributed by atoms with Crippen LogP contribution in [0.5, 0.6) is 0 Å². The zero-order valence-electron chi connectivity index (χ0n) is 14.3. The van der Waals surface area contributed by atoms with Gasteiger partial charge in [-0.25, -0.2) is 14.2 Å². The molecular weight excluding hydrogens is 324 g/mol. The van der Waals surface area contributed by atoms with Gasteiger partial charge in [0, 0.05) is 7.05 Å². The summed E-state index contributed by atoms with van der Waals surface area (Å²) in [6, 6.07) is 0. The molecule has 1 aliphatic rings. The molecule has 0 saturated carbocycles. The van der Waals surface area contributed by atoms with Crippen LogP contribution >= 0.6 is 0 Å². The van der Waals surface area contributed by atoms with E-state index in [1.54, 1.807) is 0 Å². The first-order valence-corrected chi connectivity index (χ1v) is 7.86. The van der Waals surface area contributed by atoms with E-state index in [2.05, 4.69) is 34.9 Å². The number of aromatic nitrogens is 5. The third kappa shape index (κ3) is 4.18. The van der Waals surface area contributed by atoms with Gasteiger partial charge in [-0.15, -0.1) is 5.10 Å². The summed E-state index contributed by atoms with van der Waals surface area (Å²) in [5.41, 5.74) is 7.07. The van der Waals surface area contributed by atoms with E-state index in [-0.39, 0.29) is 17.9 Å². The summed E-state index contributed by atoms with van der Waals surface area (Å²) in [5.74, 6) is -0.0830. The monoisotopic (exact) mass is 346 g/mol. The molecule has 0 spiro atoms. The van der Waals surface area contributed by atoms with Crippen LogP contribution in [0.25, 0.3) is 5.65 Å². The summed E-state index contributed by atoms with van der Waals surface area (Å²) in [6.07, 6.45) is 6.64. The van der Waals surface area contributed by atoms with Crippen molar-refractivity contribution >= 4 is 11.6 Å². The molecule has 9 nitrogen and oxygen atoms in total. The summed E-state index contributed by atoms with van der Waals surface area (Å²) >= 11 is 0. The van der Waals surface area contributed by atoms with E-state index in [9.17, 15) is 9.59 Å². The number of hydrogen-bond donors (Lipinski definition) is 2. The highest BCUT2D eigenvalue weighted by Gasteiger charge is 2.14. The highest BCUT2D eigenvalue weighted by atomic mass is 16.3. The van der Waals surface area contributed by atoms with Crippen LogP contribution in [0.2, 0.25) is 0 Å². The lowest BCUT2D eigenvalue weighted by Crippen LogP contribution is -2.27. The summed E-state index contributed by atoms with van der Waals surface area (Å²) in [4.78, 5) is 25.9. The molecular formula is C16H22N6O3. The lowest BCUT2D eigenvalue weighted by Gasteiger charge is -2.20. The molecule has 0 bridgehead atoms. The molecule has 2 heterocycles. The van der Waals surface area contributed by atoms with Gasteiger partial charge >= 0.3 is 5.69 Å². The van der Waals surface area contributed by atoms with Gasteiger partial charge in [0.1, 0.15) is 6.33 Å². The van der Waals surface area contributed by atoms with E-state index in [0.29, 0.717) is 5.92 Å². The van der Waals surface area contributed by atoms with Crippen LogP contribution in [-0.2, 0) is 7.05 Å². The van der Waals surface area contributed by atoms with Crippen molar-refractivity contribution in [3.05, 3.63) is 46.3 Å². The van der Waals surface area contributed by atoms with Gasteiger partial charge < -0.3 is 10.8 Å². The van der Waals surface area contributed by atoms with Crippen molar-refractivity contribution < 1.29 is 9.90 Å². The lowest BCUT2D eigenvalue weighted by atomic mass is 9.86. The predicted octanol–water partition coefficient (Wildman–Crippen LogP) is 0.203. The van der Waals surface area contributed by atoms with E-state index in [4.69, 9.17) is 10.8 Å². The minimum Gasteiger partial charge on any atom is -0.392 e. The Labute approximate surface area is 144 Å². The van der Waals surface area contributed by atoms with Gasteiger partial charge in [0.2, 0.25) is 0 Å². The largest absolute Gasteiger partial charge is 0.392 e. The first kappa shape index (κ1) is 18.5. The van der Waals surface area contributed by atoms with E-state index < -0.39 is 11.6 Å². The van der Waals surface area contributed by atoms with Crippen LogP contribution < -0.4 is 11.4 Å². The molecule has 25 heavy (non-hydrogen) atoms. The number of imidazole rings is 1. The molecule has 0 unspecified atom stereocenters. The molecule has 1 atom stereocenters. The quantitative estimate of drug-likeness (QED) is 0.764. The SMILES string of the molecule is C=C(C)[C@@H]1CC=C(CO)CC1.Cn1nnc2c(C(N)=O)ncn2c1=O. The fourth-order valence-electron chi connectivity index (χ4n) is 2.53. The van der Waals surface area contributed by atoms with Crippen LogP contribution in [0.1, 0.15) is 36.7 Å². The van der Waals surface area contributed by atoms with Gasteiger partial charge in [0.25, 0.3) is 5.91 Å². The zero-order chi connectivity index (χ0) is 18.6. The molecule has 0 aromatic carbocycles. The first-order chi connectivity index (χ1) is 11.8. The number of amides is 1. The number of fused-ring (bicyclic) bond motifs is 1. The average molecular weight is 346 g/mol. The Bertz CT molecular complexity index is 880. The van der Waals surface area contributed by atoms with Gasteiger partial charge in [0.15, 0.2) is 11.3 Å². The van der Waals surface area contributed by atoms with Crippen LogP contribution in [0.4, 0.5) is 0 Å². The number of nitrogens with two attached hydrogens (primary N) is 1. The van der Waals surface area contributed by atoms with Gasteiger partial charge in [-0.2, -0.15) is 4.68 Å². The highest BCUT2D eigenvalue weighted by molar-refractivity contribution is 5.96. The summed E-state index contributed by atoms with van der Waals surface area (Å²) in [6.45, 7) is 6.26. The number of allylic oxidation sites excluding steroid dienone is 2. The molecule has 0 radical (unpaired) electrons. The molecule has 2 aromatic rings. The number of rotatable bonds is 3. The first-order valence-electron chi connectivity index (χ1n) is 7.86. The van der Waals surface area contributed by atoms with E-state index in [1.165, 1.54) is 30.9 Å². The number of hydrogen-bond acceptors (Lipinski definition) is 6. The van der Waals surface area contributed by atoms with Crippen LogP contribution in [0.3, 0.4) is 0 Å². The maximum atomic E-state index is 11.4. The number of aliphatic hydroxyl groups is 1. The van der Waals surface area contributed by atoms with Gasteiger partial charge in [-0.05, 0) is 37.7 Å². The van der Waals surface area contributed by atoms with Gasteiger partial charge in [0.05, 0.1) is 6.61 Å². The Morgan fingerprint density at radius 3 is 2.76 bits per heavy atom. The second-order valence-electron chi connectivity index (χ2n) is 5.98. The minimum absolute atomic E-state index is 0.0600. The van der Waals surface area contributed by atoms with Crippen molar-refractivity contribution in [2.24, 2.45) is 18.7 Å². The summed E-state index contributed by atoms with van der Waals surface area (Å²) in [5, 5.41) is 16.0. The zero-order valence-corrected chi connectivity index (χ0v) is 14.3. The fraction of sp³-hybridized carbons (Fsp3) is 0.438. The molecule has 3 rings (SSSR count). The Balaban J connectivity index is 0.000000186. The van der Waals surface area contributed by atoms with Crippen molar-refractivity contribution in [3.63, 3.8) is 0 Å². The van der Waals surface area contributed by atoms with Crippen molar-refractivity contribution in [2.75, 3.05) is 6.61 Å². The van der Waals surface area contributed by atoms with E-state index in [1.807, 2.05) is 0 Å². The molecule has 0 fully saturated rings. The number of aliphatic hydroxyl groups excluding tert-OH is 1. The Morgan fingerprint density at radius 1 is 1.52 bits per heavy atom. The maximum absolute atomic E-state index is 11.4. The summed E-state index contributed by atoms with van der Waals surface area (Å²) < 4.78 is 2.13. The normalized spacial score (nSPS) is 16.8. The van der Waals surface area contributed by atoms with Crippen molar-refractivity contribution in [1.82, 2.24) is 24.4 Å². The number of aryl methyl sites for hydroxylation is 1. The van der Waals surface area contributed by atoms with E-state index in [0.717, 1.165) is 21.9 Å². The number of carbonyl (C=O) groups excluding carboxylic acids is 1. The molecule has 0 aliphatic heterocycles. The maximum Gasteiger partial charge on any atom is 0.352 e. The third-order valence-corrected chi connectivity index (χ3v) is 4.14. The third-order valence-electron chi connectivity index (χ3n) is 4.14. The van der Waals surface area contributed by atoms with Crippen LogP contribution in [0, 0.1) is 5.92 Å². The molecule has 2 aromatic heterocycles. The van der Waals surface area contributed by atoms with Crippen molar-refractivity contribution in [3.8, 4) is 0 Å². The van der Waals surface area contributed by atoms with E-state index >= 15 is 0 Å². The second-order valence-corrected chi connectivity index (χ2v) is 5.98. The molecule has 3 N–H and O–H groups in total. The number of primary amides is 1. The van der Waals surface area contributed by atoms with Gasteiger partial charge in [-0.1, -0.05) is 23.4 Å². The summed E-state index contributed by atoms with van der Waals surface area (Å²) in [7, 11) is 1.44. The highest BCUT2D eigenvalue weighted by Crippen LogP contribution is 2.27. The molecule has 0 saturated heterocycles. The Kier molecular flexibility index (Phi) is 5.81. The van der Waals surface area contributed by atoms with Crippen LogP contribution in [-0.4, -0.2) is 42.0 Å². The smallest absolute Gasteiger partial charge is 0.352 e. The van der Waals surface area contributed by atoms with Crippen molar-refractivity contribution in [1.29, 1.82) is 0 Å². The average Bonchev–Trinajstić information content (AvgIpc) is 3.04. The molecule has 1 amide bonds. The Hall–Kier alpha value is -2.81. The lowest BCUT2D eigenvalue weighted by molar-refractivity contribution is 0.0997. The van der Waals surface area contributed by atoms with Gasteiger partial charge in [-0.3, -0.25) is 4.79 Å².